The number of carbonyl (C=O) groups is 1. The summed E-state index contributed by atoms with van der Waals surface area (Å²) in [4.78, 5) is 33.0. The number of hydrogen-bond donors (Lipinski definition) is 3. The number of rotatable bonds is 5. The summed E-state index contributed by atoms with van der Waals surface area (Å²) in [7, 11) is 0. The van der Waals surface area contributed by atoms with Gasteiger partial charge >= 0.3 is 0 Å². The Morgan fingerprint density at radius 3 is 2.59 bits per heavy atom. The van der Waals surface area contributed by atoms with Gasteiger partial charge in [-0.25, -0.2) is 9.37 Å². The third-order valence-electron chi connectivity index (χ3n) is 6.07. The average molecular weight is 493 g/mol. The van der Waals surface area contributed by atoms with Crippen molar-refractivity contribution in [3.05, 3.63) is 73.2 Å². The van der Waals surface area contributed by atoms with Crippen molar-refractivity contribution >= 4 is 33.5 Å². The topological polar surface area (TPSA) is 125 Å². The van der Waals surface area contributed by atoms with Gasteiger partial charge in [0.15, 0.2) is 5.82 Å². The second-order valence-corrected chi connectivity index (χ2v) is 8.93. The van der Waals surface area contributed by atoms with Crippen molar-refractivity contribution in [1.82, 2.24) is 35.1 Å². The number of nitrogens with one attached hydrogen (secondary N) is 3. The van der Waals surface area contributed by atoms with Crippen LogP contribution >= 0.6 is 0 Å². The summed E-state index contributed by atoms with van der Waals surface area (Å²) >= 11 is 0. The quantitative estimate of drug-likeness (QED) is 0.298. The van der Waals surface area contributed by atoms with Gasteiger partial charge in [0, 0.05) is 58.8 Å². The van der Waals surface area contributed by atoms with E-state index in [0.29, 0.717) is 44.8 Å². The van der Waals surface area contributed by atoms with E-state index in [0.717, 1.165) is 16.8 Å². The number of halogens is 1. The molecule has 10 heteroatoms. The number of anilines is 1. The fraction of sp³-hybridized carbons (Fsp3) is 0.111. The molecule has 0 saturated carbocycles. The molecule has 6 rings (SSSR count). The molecule has 0 fully saturated rings. The molecular weight excluding hydrogens is 471 g/mol. The number of carbonyl (C=O) groups excluding carboxylic acids is 1. The van der Waals surface area contributed by atoms with Crippen molar-refractivity contribution < 1.29 is 9.18 Å². The number of H-pyrrole nitrogens is 2. The number of benzene rings is 1. The first kappa shape index (κ1) is 22.5. The van der Waals surface area contributed by atoms with E-state index in [9.17, 15) is 4.79 Å². The van der Waals surface area contributed by atoms with Crippen LogP contribution < -0.4 is 5.32 Å². The maximum atomic E-state index is 15.1. The molecule has 0 spiro atoms. The third kappa shape index (κ3) is 4.08. The average Bonchev–Trinajstić information content (AvgIpc) is 3.52. The number of imidazole rings is 1. The zero-order valence-electron chi connectivity index (χ0n) is 20.0. The lowest BCUT2D eigenvalue weighted by atomic mass is 10.0. The Balaban J connectivity index is 1.44. The van der Waals surface area contributed by atoms with Gasteiger partial charge < -0.3 is 10.3 Å². The van der Waals surface area contributed by atoms with Crippen LogP contribution in [0.25, 0.3) is 55.8 Å². The Labute approximate surface area is 210 Å². The lowest BCUT2D eigenvalue weighted by molar-refractivity contribution is -0.118. The van der Waals surface area contributed by atoms with Crippen LogP contribution in [0.15, 0.2) is 67.4 Å². The normalized spacial score (nSPS) is 11.5. The molecule has 5 aromatic heterocycles. The van der Waals surface area contributed by atoms with E-state index in [1.54, 1.807) is 50.8 Å². The van der Waals surface area contributed by atoms with Crippen molar-refractivity contribution in [3.8, 4) is 33.9 Å². The summed E-state index contributed by atoms with van der Waals surface area (Å²) in [5.74, 6) is -0.246. The number of aromatic nitrogens is 7. The van der Waals surface area contributed by atoms with Gasteiger partial charge in [0.1, 0.15) is 17.0 Å². The van der Waals surface area contributed by atoms with Gasteiger partial charge in [-0.1, -0.05) is 13.8 Å². The summed E-state index contributed by atoms with van der Waals surface area (Å²) in [5, 5.41) is 10.8. The highest BCUT2D eigenvalue weighted by atomic mass is 19.1. The molecule has 0 aliphatic rings. The number of hydrogen-bond acceptors (Lipinski definition) is 6. The van der Waals surface area contributed by atoms with Crippen LogP contribution in [-0.4, -0.2) is 41.0 Å². The van der Waals surface area contributed by atoms with Gasteiger partial charge in [-0.15, -0.1) is 0 Å². The van der Waals surface area contributed by atoms with Crippen molar-refractivity contribution in [2.24, 2.45) is 5.92 Å². The van der Waals surface area contributed by atoms with Gasteiger partial charge in [-0.3, -0.25) is 24.8 Å². The number of amides is 1. The molecule has 5 heterocycles. The number of nitrogens with zero attached hydrogens (tertiary/aromatic N) is 5. The van der Waals surface area contributed by atoms with Gasteiger partial charge in [0.25, 0.3) is 0 Å². The first-order valence-electron chi connectivity index (χ1n) is 11.7. The molecular formula is C27H21FN8O. The minimum absolute atomic E-state index is 0.141. The molecule has 9 nitrogen and oxygen atoms in total. The second kappa shape index (κ2) is 8.90. The van der Waals surface area contributed by atoms with Gasteiger partial charge in [0.2, 0.25) is 5.91 Å². The van der Waals surface area contributed by atoms with E-state index < -0.39 is 5.82 Å². The molecule has 37 heavy (non-hydrogen) atoms. The van der Waals surface area contributed by atoms with E-state index in [4.69, 9.17) is 4.98 Å². The van der Waals surface area contributed by atoms with Gasteiger partial charge in [-0.2, -0.15) is 5.10 Å². The Morgan fingerprint density at radius 1 is 0.946 bits per heavy atom. The Hall–Kier alpha value is -4.99. The van der Waals surface area contributed by atoms with Crippen LogP contribution in [0.4, 0.5) is 10.1 Å². The molecule has 1 amide bonds. The SMILES string of the molecule is CC(C)C(=O)Nc1cncc(-c2cc3c(-c4nc5c(-c6ccncc6)nccc5[nH]4)n[nH]c3cc2F)c1. The molecule has 0 unspecified atom stereocenters. The van der Waals surface area contributed by atoms with Gasteiger partial charge in [-0.05, 0) is 30.3 Å². The summed E-state index contributed by atoms with van der Waals surface area (Å²) in [6, 6.07) is 10.4. The summed E-state index contributed by atoms with van der Waals surface area (Å²) in [6.07, 6.45) is 8.22. The largest absolute Gasteiger partial charge is 0.336 e. The summed E-state index contributed by atoms with van der Waals surface area (Å²) < 4.78 is 15.1. The molecule has 3 N–H and O–H groups in total. The third-order valence-corrected chi connectivity index (χ3v) is 6.07. The highest BCUT2D eigenvalue weighted by Crippen LogP contribution is 2.34. The summed E-state index contributed by atoms with van der Waals surface area (Å²) in [5.41, 5.74) is 5.55. The number of fused-ring (bicyclic) bond motifs is 2. The minimum atomic E-state index is -0.439. The first-order valence-corrected chi connectivity index (χ1v) is 11.7. The molecule has 0 saturated heterocycles. The molecule has 0 atom stereocenters. The molecule has 0 aliphatic carbocycles. The standard InChI is InChI=1S/C27H21FN8O/c1-14(2)27(37)32-17-9-16(12-30-13-17)18-10-19-22(11-20(18)28)35-36-24(19)26-33-21-5-8-31-23(25(21)34-26)15-3-6-29-7-4-15/h3-14H,1-2H3,(H,32,37)(H,33,34)(H,35,36). The monoisotopic (exact) mass is 492 g/mol. The van der Waals surface area contributed by atoms with Crippen LogP contribution in [0, 0.1) is 11.7 Å². The van der Waals surface area contributed by atoms with E-state index in [-0.39, 0.29) is 11.8 Å². The van der Waals surface area contributed by atoms with E-state index in [1.807, 2.05) is 18.2 Å². The van der Waals surface area contributed by atoms with E-state index >= 15 is 4.39 Å². The van der Waals surface area contributed by atoms with Crippen molar-refractivity contribution in [2.45, 2.75) is 13.8 Å². The fourth-order valence-corrected chi connectivity index (χ4v) is 4.15. The number of pyridine rings is 3. The minimum Gasteiger partial charge on any atom is -0.336 e. The predicted molar refractivity (Wildman–Crippen MR) is 139 cm³/mol. The molecule has 1 aromatic carbocycles. The van der Waals surface area contributed by atoms with Crippen molar-refractivity contribution in [3.63, 3.8) is 0 Å². The second-order valence-electron chi connectivity index (χ2n) is 8.93. The van der Waals surface area contributed by atoms with Crippen molar-refractivity contribution in [1.29, 1.82) is 0 Å². The predicted octanol–water partition coefficient (Wildman–Crippen LogP) is 5.36. The molecule has 182 valence electrons. The van der Waals surface area contributed by atoms with Crippen LogP contribution in [0.2, 0.25) is 0 Å². The molecule has 0 aliphatic heterocycles. The zero-order chi connectivity index (χ0) is 25.5. The lowest BCUT2D eigenvalue weighted by Crippen LogP contribution is -2.17. The fourth-order valence-electron chi connectivity index (χ4n) is 4.15. The molecule has 0 radical (unpaired) electrons. The maximum Gasteiger partial charge on any atom is 0.226 e. The van der Waals surface area contributed by atoms with E-state index in [2.05, 4.69) is 35.5 Å². The highest BCUT2D eigenvalue weighted by Gasteiger charge is 2.18. The lowest BCUT2D eigenvalue weighted by Gasteiger charge is -2.09. The summed E-state index contributed by atoms with van der Waals surface area (Å²) in [6.45, 7) is 3.60. The van der Waals surface area contributed by atoms with Crippen molar-refractivity contribution in [2.75, 3.05) is 5.32 Å². The molecule has 6 aromatic rings. The van der Waals surface area contributed by atoms with Crippen LogP contribution in [0.1, 0.15) is 13.8 Å². The first-order chi connectivity index (χ1) is 18.0. The zero-order valence-corrected chi connectivity index (χ0v) is 20.0. The maximum absolute atomic E-state index is 15.1. The Morgan fingerprint density at radius 2 is 1.78 bits per heavy atom. The Bertz CT molecular complexity index is 1770. The van der Waals surface area contributed by atoms with Crippen LogP contribution in [0.3, 0.4) is 0 Å². The smallest absolute Gasteiger partial charge is 0.226 e. The Kier molecular flexibility index (Phi) is 5.41. The number of aromatic amines is 2. The van der Waals surface area contributed by atoms with Crippen LogP contribution in [-0.2, 0) is 4.79 Å². The van der Waals surface area contributed by atoms with Crippen LogP contribution in [0.5, 0.6) is 0 Å². The molecule has 0 bridgehead atoms. The van der Waals surface area contributed by atoms with Gasteiger partial charge in [0.05, 0.1) is 28.6 Å². The highest BCUT2D eigenvalue weighted by molar-refractivity contribution is 5.98. The van der Waals surface area contributed by atoms with E-state index in [1.165, 1.54) is 12.3 Å².